The lowest BCUT2D eigenvalue weighted by molar-refractivity contribution is -0.140. The first-order chi connectivity index (χ1) is 17.8. The molecule has 0 aliphatic carbocycles. The van der Waals surface area contributed by atoms with Gasteiger partial charge in [0.1, 0.15) is 17.2 Å². The van der Waals surface area contributed by atoms with Crippen LogP contribution in [0.15, 0.2) is 54.4 Å². The van der Waals surface area contributed by atoms with E-state index in [9.17, 15) is 19.5 Å². The third-order valence-corrected chi connectivity index (χ3v) is 6.28. The number of aromatic nitrogens is 2. The van der Waals surface area contributed by atoms with Crippen LogP contribution in [0.1, 0.15) is 58.3 Å². The van der Waals surface area contributed by atoms with Gasteiger partial charge in [-0.15, -0.1) is 0 Å². The highest BCUT2D eigenvalue weighted by Gasteiger charge is 2.46. The normalized spacial score (nSPS) is 16.8. The van der Waals surface area contributed by atoms with Crippen molar-refractivity contribution in [2.24, 2.45) is 0 Å². The molecule has 1 saturated heterocycles. The number of amides is 1. The van der Waals surface area contributed by atoms with Crippen LogP contribution in [0.3, 0.4) is 0 Å². The molecule has 1 aromatic carbocycles. The van der Waals surface area contributed by atoms with Crippen LogP contribution in [0.2, 0.25) is 0 Å². The van der Waals surface area contributed by atoms with E-state index >= 15 is 0 Å². The molecule has 0 spiro atoms. The van der Waals surface area contributed by atoms with E-state index in [4.69, 9.17) is 9.47 Å². The van der Waals surface area contributed by atoms with Gasteiger partial charge >= 0.3 is 5.97 Å². The van der Waals surface area contributed by atoms with Gasteiger partial charge in [0.15, 0.2) is 0 Å². The number of rotatable bonds is 8. The van der Waals surface area contributed by atoms with Gasteiger partial charge in [-0.2, -0.15) is 0 Å². The van der Waals surface area contributed by atoms with Gasteiger partial charge in [0.25, 0.3) is 11.7 Å². The highest BCUT2D eigenvalue weighted by molar-refractivity contribution is 6.46. The van der Waals surface area contributed by atoms with Crippen LogP contribution < -0.4 is 4.74 Å². The van der Waals surface area contributed by atoms with Crippen molar-refractivity contribution in [1.29, 1.82) is 0 Å². The van der Waals surface area contributed by atoms with Gasteiger partial charge in [0.05, 0.1) is 24.8 Å². The molecular weight excluding hydrogens is 474 g/mol. The molecule has 0 unspecified atom stereocenters. The third kappa shape index (κ3) is 4.84. The van der Waals surface area contributed by atoms with Gasteiger partial charge in [0.2, 0.25) is 0 Å². The summed E-state index contributed by atoms with van der Waals surface area (Å²) in [5, 5.41) is 11.5. The number of pyridine rings is 1. The Kier molecular flexibility index (Phi) is 7.42. The van der Waals surface area contributed by atoms with Gasteiger partial charge in [0, 0.05) is 30.2 Å². The van der Waals surface area contributed by atoms with E-state index in [2.05, 4.69) is 9.97 Å². The summed E-state index contributed by atoms with van der Waals surface area (Å²) in [4.78, 5) is 47.6. The number of nitrogens with one attached hydrogen (secondary N) is 1. The molecule has 1 aliphatic rings. The Bertz CT molecular complexity index is 1360. The molecule has 1 aliphatic heterocycles. The summed E-state index contributed by atoms with van der Waals surface area (Å²) in [5.74, 6) is -1.82. The molecule has 1 atom stereocenters. The van der Waals surface area contributed by atoms with Crippen LogP contribution in [0, 0.1) is 13.8 Å². The summed E-state index contributed by atoms with van der Waals surface area (Å²) in [6, 6.07) is 9.76. The van der Waals surface area contributed by atoms with Gasteiger partial charge in [-0.25, -0.2) is 4.79 Å². The lowest BCUT2D eigenvalue weighted by Gasteiger charge is -2.25. The van der Waals surface area contributed by atoms with Crippen molar-refractivity contribution < 1.29 is 29.0 Å². The molecule has 1 fully saturated rings. The van der Waals surface area contributed by atoms with E-state index in [0.29, 0.717) is 34.7 Å². The molecule has 2 aromatic heterocycles. The smallest absolute Gasteiger partial charge is 0.355 e. The number of likely N-dealkylation sites (tertiary alicyclic amines) is 1. The number of aliphatic hydroxyl groups excluding tert-OH is 1. The standard InChI is InChI=1S/C28H29N3O6/c1-5-36-20-11-9-19(10-12-20)24-22(26(33)27(34)31(24)15-18-8-7-13-29-14-18)25(32)21-16(3)23(30-17(21)4)28(35)37-6-2/h7-14,24,30,32H,5-6,15H2,1-4H3/b25-22+/t24-/m0/s1. The van der Waals surface area contributed by atoms with E-state index in [0.717, 1.165) is 5.56 Å². The molecule has 0 radical (unpaired) electrons. The SMILES string of the molecule is CCOC(=O)c1[nH]c(C)c(/C(O)=C2\C(=O)C(=O)N(Cc3cccnc3)[C@H]2c2ccc(OCC)cc2)c1C. The molecule has 9 nitrogen and oxygen atoms in total. The Morgan fingerprint density at radius 2 is 1.84 bits per heavy atom. The largest absolute Gasteiger partial charge is 0.507 e. The second kappa shape index (κ2) is 10.7. The van der Waals surface area contributed by atoms with E-state index in [1.165, 1.54) is 4.90 Å². The van der Waals surface area contributed by atoms with Crippen LogP contribution in [0.25, 0.3) is 5.76 Å². The Labute approximate surface area is 214 Å². The zero-order valence-electron chi connectivity index (χ0n) is 21.2. The van der Waals surface area contributed by atoms with Crippen molar-refractivity contribution in [1.82, 2.24) is 14.9 Å². The zero-order chi connectivity index (χ0) is 26.7. The van der Waals surface area contributed by atoms with Crippen molar-refractivity contribution in [3.8, 4) is 5.75 Å². The van der Waals surface area contributed by atoms with Crippen molar-refractivity contribution in [2.75, 3.05) is 13.2 Å². The van der Waals surface area contributed by atoms with Crippen LogP contribution in [-0.2, 0) is 20.9 Å². The lowest BCUT2D eigenvalue weighted by Crippen LogP contribution is -2.29. The number of ketones is 1. The zero-order valence-corrected chi connectivity index (χ0v) is 21.2. The fourth-order valence-electron chi connectivity index (χ4n) is 4.64. The molecular formula is C28H29N3O6. The number of ether oxygens (including phenoxy) is 2. The minimum absolute atomic E-state index is 0.0568. The topological polar surface area (TPSA) is 122 Å². The molecule has 3 heterocycles. The predicted molar refractivity (Wildman–Crippen MR) is 136 cm³/mol. The highest BCUT2D eigenvalue weighted by Crippen LogP contribution is 2.42. The monoisotopic (exact) mass is 503 g/mol. The summed E-state index contributed by atoms with van der Waals surface area (Å²) in [6.07, 6.45) is 3.25. The second-order valence-electron chi connectivity index (χ2n) is 8.64. The number of aromatic amines is 1. The van der Waals surface area contributed by atoms with Crippen molar-refractivity contribution in [3.05, 3.63) is 88.0 Å². The van der Waals surface area contributed by atoms with Gasteiger partial charge < -0.3 is 24.5 Å². The fourth-order valence-corrected chi connectivity index (χ4v) is 4.64. The number of esters is 1. The molecule has 0 bridgehead atoms. The Balaban J connectivity index is 1.87. The van der Waals surface area contributed by atoms with Gasteiger partial charge in [-0.3, -0.25) is 14.6 Å². The molecule has 0 saturated carbocycles. The van der Waals surface area contributed by atoms with E-state index in [1.54, 1.807) is 63.5 Å². The summed E-state index contributed by atoms with van der Waals surface area (Å²) in [6.45, 7) is 7.72. The molecule has 3 aromatic rings. The quantitative estimate of drug-likeness (QED) is 0.204. The van der Waals surface area contributed by atoms with Crippen molar-refractivity contribution in [3.63, 3.8) is 0 Å². The number of carbonyl (C=O) groups is 3. The minimum atomic E-state index is -0.865. The number of aryl methyl sites for hydroxylation is 1. The van der Waals surface area contributed by atoms with Gasteiger partial charge in [-0.1, -0.05) is 18.2 Å². The second-order valence-corrected chi connectivity index (χ2v) is 8.64. The summed E-state index contributed by atoms with van der Waals surface area (Å²) >= 11 is 0. The number of H-pyrrole nitrogens is 1. The molecule has 37 heavy (non-hydrogen) atoms. The first-order valence-corrected chi connectivity index (χ1v) is 12.0. The number of Topliss-reactive ketones (excluding diaryl/α,β-unsaturated/α-hetero) is 1. The predicted octanol–water partition coefficient (Wildman–Crippen LogP) is 4.22. The number of hydrogen-bond acceptors (Lipinski definition) is 7. The first-order valence-electron chi connectivity index (χ1n) is 12.0. The number of carbonyl (C=O) groups excluding carboxylic acids is 3. The number of nitrogens with zero attached hydrogens (tertiary/aromatic N) is 2. The highest BCUT2D eigenvalue weighted by atomic mass is 16.5. The lowest BCUT2D eigenvalue weighted by atomic mass is 9.94. The molecule has 192 valence electrons. The molecule has 9 heteroatoms. The number of hydrogen-bond donors (Lipinski definition) is 2. The van der Waals surface area contributed by atoms with Crippen molar-refractivity contribution >= 4 is 23.4 Å². The Morgan fingerprint density at radius 3 is 2.46 bits per heavy atom. The van der Waals surface area contributed by atoms with Crippen molar-refractivity contribution in [2.45, 2.75) is 40.3 Å². The average molecular weight is 504 g/mol. The Morgan fingerprint density at radius 1 is 1.11 bits per heavy atom. The van der Waals surface area contributed by atoms with Crippen LogP contribution >= 0.6 is 0 Å². The number of benzene rings is 1. The molecule has 1 amide bonds. The van der Waals surface area contributed by atoms with Crippen LogP contribution in [0.5, 0.6) is 5.75 Å². The third-order valence-electron chi connectivity index (χ3n) is 6.28. The number of aliphatic hydroxyl groups is 1. The Hall–Kier alpha value is -4.40. The fraction of sp³-hybridized carbons (Fsp3) is 0.286. The van der Waals surface area contributed by atoms with Gasteiger partial charge in [-0.05, 0) is 62.6 Å². The van der Waals surface area contributed by atoms with E-state index in [-0.39, 0.29) is 30.2 Å². The summed E-state index contributed by atoms with van der Waals surface area (Å²) in [7, 11) is 0. The summed E-state index contributed by atoms with van der Waals surface area (Å²) < 4.78 is 10.7. The van der Waals surface area contributed by atoms with Crippen LogP contribution in [0.4, 0.5) is 0 Å². The minimum Gasteiger partial charge on any atom is -0.507 e. The first kappa shape index (κ1) is 25.7. The molecule has 4 rings (SSSR count). The molecule has 2 N–H and O–H groups in total. The maximum absolute atomic E-state index is 13.4. The van der Waals surface area contributed by atoms with E-state index < -0.39 is 23.7 Å². The summed E-state index contributed by atoms with van der Waals surface area (Å²) in [5.41, 5.74) is 2.68. The maximum atomic E-state index is 13.4. The maximum Gasteiger partial charge on any atom is 0.355 e. The van der Waals surface area contributed by atoms with Crippen LogP contribution in [-0.4, -0.2) is 50.8 Å². The average Bonchev–Trinajstić information content (AvgIpc) is 3.32. The van der Waals surface area contributed by atoms with E-state index in [1.807, 2.05) is 13.0 Å².